The minimum Gasteiger partial charge on any atom is -0.315 e. The molecule has 7 nitrogen and oxygen atoms in total. The van der Waals surface area contributed by atoms with Gasteiger partial charge < -0.3 is 4.57 Å². The molecule has 0 aliphatic heterocycles. The number of nitrogens with zero attached hydrogens (tertiary/aromatic N) is 7. The Morgan fingerprint density at radius 2 is 1.88 bits per heavy atom. The molecule has 0 aliphatic rings. The molecule has 0 atom stereocenters. The molecule has 0 amide bonds. The van der Waals surface area contributed by atoms with Gasteiger partial charge in [-0.2, -0.15) is 4.68 Å². The van der Waals surface area contributed by atoms with Crippen molar-refractivity contribution in [3.8, 4) is 5.69 Å². The fourth-order valence-electron chi connectivity index (χ4n) is 2.44. The zero-order valence-corrected chi connectivity index (χ0v) is 14.6. The lowest BCUT2D eigenvalue weighted by atomic mass is 10.2. The summed E-state index contributed by atoms with van der Waals surface area (Å²) in [5.74, 6) is 3.32. The maximum absolute atomic E-state index is 14.1. The zero-order valence-electron chi connectivity index (χ0n) is 13.8. The molecule has 0 bridgehead atoms. The van der Waals surface area contributed by atoms with Crippen molar-refractivity contribution in [3.05, 3.63) is 47.1 Å². The summed E-state index contributed by atoms with van der Waals surface area (Å²) in [6, 6.07) is 4.88. The van der Waals surface area contributed by atoms with Crippen molar-refractivity contribution >= 4 is 11.8 Å². The van der Waals surface area contributed by atoms with Crippen LogP contribution in [0.2, 0.25) is 0 Å². The molecule has 126 valence electrons. The van der Waals surface area contributed by atoms with Crippen LogP contribution in [0.1, 0.15) is 30.0 Å². The lowest BCUT2D eigenvalue weighted by Gasteiger charge is -2.07. The predicted octanol–water partition coefficient (Wildman–Crippen LogP) is 2.46. The number of aromatic nitrogens is 7. The van der Waals surface area contributed by atoms with Gasteiger partial charge in [-0.05, 0) is 48.9 Å². The SMILES string of the molecule is CCn1c(C)nnc1CSCc1nnnn1-c1cc(C)ccc1F. The second-order valence-corrected chi connectivity index (χ2v) is 6.35. The number of aryl methyl sites for hydroxylation is 2. The van der Waals surface area contributed by atoms with Gasteiger partial charge in [0.25, 0.3) is 0 Å². The van der Waals surface area contributed by atoms with Crippen molar-refractivity contribution in [1.82, 2.24) is 35.0 Å². The van der Waals surface area contributed by atoms with Gasteiger partial charge in [-0.1, -0.05) is 6.07 Å². The average Bonchev–Trinajstić information content (AvgIpc) is 3.16. The molecule has 2 heterocycles. The molecule has 1 aromatic carbocycles. The Bertz CT molecular complexity index is 842. The van der Waals surface area contributed by atoms with Gasteiger partial charge in [0.05, 0.1) is 11.5 Å². The summed E-state index contributed by atoms with van der Waals surface area (Å²) in [5.41, 5.74) is 1.31. The van der Waals surface area contributed by atoms with Gasteiger partial charge in [-0.3, -0.25) is 0 Å². The first-order valence-corrected chi connectivity index (χ1v) is 8.75. The second-order valence-electron chi connectivity index (χ2n) is 5.36. The van der Waals surface area contributed by atoms with E-state index in [4.69, 9.17) is 0 Å². The molecule has 0 unspecified atom stereocenters. The summed E-state index contributed by atoms with van der Waals surface area (Å²) < 4.78 is 17.6. The summed E-state index contributed by atoms with van der Waals surface area (Å²) in [5, 5.41) is 19.9. The van der Waals surface area contributed by atoms with Gasteiger partial charge >= 0.3 is 0 Å². The topological polar surface area (TPSA) is 74.3 Å². The van der Waals surface area contributed by atoms with E-state index in [2.05, 4.69) is 37.2 Å². The Morgan fingerprint density at radius 3 is 2.67 bits per heavy atom. The summed E-state index contributed by atoms with van der Waals surface area (Å²) in [4.78, 5) is 0. The summed E-state index contributed by atoms with van der Waals surface area (Å²) >= 11 is 1.62. The second kappa shape index (κ2) is 7.08. The largest absolute Gasteiger partial charge is 0.315 e. The first kappa shape index (κ1) is 16.6. The molecule has 3 rings (SSSR count). The summed E-state index contributed by atoms with van der Waals surface area (Å²) in [6.07, 6.45) is 0. The molecule has 0 saturated carbocycles. The number of tetrazole rings is 1. The molecule has 0 saturated heterocycles. The van der Waals surface area contributed by atoms with Crippen LogP contribution in [-0.4, -0.2) is 35.0 Å². The van der Waals surface area contributed by atoms with E-state index in [1.807, 2.05) is 13.8 Å². The normalized spacial score (nSPS) is 11.2. The first-order chi connectivity index (χ1) is 11.6. The van der Waals surface area contributed by atoms with E-state index >= 15 is 0 Å². The first-order valence-electron chi connectivity index (χ1n) is 7.60. The van der Waals surface area contributed by atoms with Gasteiger partial charge in [0.2, 0.25) is 0 Å². The van der Waals surface area contributed by atoms with E-state index in [9.17, 15) is 4.39 Å². The highest BCUT2D eigenvalue weighted by molar-refractivity contribution is 7.97. The molecule has 0 aliphatic carbocycles. The number of hydrogen-bond donors (Lipinski definition) is 0. The van der Waals surface area contributed by atoms with Crippen LogP contribution in [0.4, 0.5) is 4.39 Å². The van der Waals surface area contributed by atoms with Gasteiger partial charge in [0.15, 0.2) is 5.82 Å². The maximum Gasteiger partial charge on any atom is 0.166 e. The van der Waals surface area contributed by atoms with E-state index in [0.29, 0.717) is 23.0 Å². The van der Waals surface area contributed by atoms with Crippen LogP contribution in [0.3, 0.4) is 0 Å². The monoisotopic (exact) mass is 347 g/mol. The lowest BCUT2D eigenvalue weighted by Crippen LogP contribution is -2.06. The van der Waals surface area contributed by atoms with Crippen LogP contribution < -0.4 is 0 Å². The quantitative estimate of drug-likeness (QED) is 0.682. The van der Waals surface area contributed by atoms with Gasteiger partial charge in [-0.25, -0.2) is 4.39 Å². The van der Waals surface area contributed by atoms with Crippen molar-refractivity contribution in [2.45, 2.75) is 38.8 Å². The Hall–Kier alpha value is -2.29. The summed E-state index contributed by atoms with van der Waals surface area (Å²) in [6.45, 7) is 6.74. The fourth-order valence-corrected chi connectivity index (χ4v) is 3.31. The summed E-state index contributed by atoms with van der Waals surface area (Å²) in [7, 11) is 0. The number of hydrogen-bond acceptors (Lipinski definition) is 6. The third-order valence-electron chi connectivity index (χ3n) is 3.65. The predicted molar refractivity (Wildman–Crippen MR) is 89.3 cm³/mol. The molecule has 0 fully saturated rings. The highest BCUT2D eigenvalue weighted by atomic mass is 32.2. The van der Waals surface area contributed by atoms with Crippen molar-refractivity contribution in [1.29, 1.82) is 0 Å². The zero-order chi connectivity index (χ0) is 17.1. The van der Waals surface area contributed by atoms with Crippen LogP contribution in [0.15, 0.2) is 18.2 Å². The van der Waals surface area contributed by atoms with Crippen molar-refractivity contribution in [3.63, 3.8) is 0 Å². The lowest BCUT2D eigenvalue weighted by molar-refractivity contribution is 0.603. The van der Waals surface area contributed by atoms with E-state index in [1.165, 1.54) is 10.7 Å². The molecule has 3 aromatic rings. The van der Waals surface area contributed by atoms with Crippen LogP contribution >= 0.6 is 11.8 Å². The number of thioether (sulfide) groups is 1. The Kier molecular flexibility index (Phi) is 4.89. The maximum atomic E-state index is 14.1. The van der Waals surface area contributed by atoms with Crippen molar-refractivity contribution < 1.29 is 4.39 Å². The molecular formula is C15H18FN7S. The van der Waals surface area contributed by atoms with Crippen LogP contribution in [-0.2, 0) is 18.1 Å². The van der Waals surface area contributed by atoms with Crippen LogP contribution in [0.25, 0.3) is 5.69 Å². The molecular weight excluding hydrogens is 329 g/mol. The third kappa shape index (κ3) is 3.30. The highest BCUT2D eigenvalue weighted by Gasteiger charge is 2.14. The van der Waals surface area contributed by atoms with Gasteiger partial charge in [-0.15, -0.1) is 27.1 Å². The van der Waals surface area contributed by atoms with Gasteiger partial charge in [0.1, 0.15) is 23.2 Å². The Balaban J connectivity index is 1.73. The third-order valence-corrected chi connectivity index (χ3v) is 4.58. The highest BCUT2D eigenvalue weighted by Crippen LogP contribution is 2.20. The Labute approximate surface area is 143 Å². The molecule has 2 aromatic heterocycles. The molecule has 9 heteroatoms. The number of halogens is 1. The average molecular weight is 347 g/mol. The van der Waals surface area contributed by atoms with E-state index in [0.717, 1.165) is 23.8 Å². The van der Waals surface area contributed by atoms with Crippen LogP contribution in [0, 0.1) is 19.7 Å². The van der Waals surface area contributed by atoms with Crippen molar-refractivity contribution in [2.24, 2.45) is 0 Å². The molecule has 0 N–H and O–H groups in total. The fraction of sp³-hybridized carbons (Fsp3) is 0.400. The minimum absolute atomic E-state index is 0.347. The van der Waals surface area contributed by atoms with E-state index in [-0.39, 0.29) is 5.82 Å². The smallest absolute Gasteiger partial charge is 0.166 e. The van der Waals surface area contributed by atoms with E-state index < -0.39 is 0 Å². The standard InChI is InChI=1S/C15H18FN7S/c1-4-22-11(3)17-18-14(22)8-24-9-15-19-20-21-23(15)13-7-10(2)5-6-12(13)16/h5-7H,4,8-9H2,1-3H3. The molecule has 24 heavy (non-hydrogen) atoms. The minimum atomic E-state index is -0.347. The van der Waals surface area contributed by atoms with Gasteiger partial charge in [0, 0.05) is 6.54 Å². The molecule has 0 spiro atoms. The Morgan fingerprint density at radius 1 is 1.08 bits per heavy atom. The van der Waals surface area contributed by atoms with E-state index in [1.54, 1.807) is 23.9 Å². The number of rotatable bonds is 6. The molecule has 0 radical (unpaired) electrons. The number of benzene rings is 1. The van der Waals surface area contributed by atoms with Crippen molar-refractivity contribution in [2.75, 3.05) is 0 Å². The van der Waals surface area contributed by atoms with Crippen LogP contribution in [0.5, 0.6) is 0 Å².